The zero-order chi connectivity index (χ0) is 14.5. The van der Waals surface area contributed by atoms with Crippen molar-refractivity contribution in [1.29, 1.82) is 0 Å². The summed E-state index contributed by atoms with van der Waals surface area (Å²) in [5.74, 6) is 0.0183. The Hall–Kier alpha value is -1.64. The highest BCUT2D eigenvalue weighted by molar-refractivity contribution is 5.76. The summed E-state index contributed by atoms with van der Waals surface area (Å²) in [6, 6.07) is 10.1. The highest BCUT2D eigenvalue weighted by Crippen LogP contribution is 2.06. The summed E-state index contributed by atoms with van der Waals surface area (Å²) < 4.78 is 0. The van der Waals surface area contributed by atoms with Crippen LogP contribution in [0.5, 0.6) is 0 Å². The normalized spacial score (nSPS) is 10.8. The number of unbranched alkanes of at least 4 members (excludes halogenated alkanes) is 5. The van der Waals surface area contributed by atoms with Crippen LogP contribution >= 0.6 is 0 Å². The fraction of sp³-hybridized carbons (Fsp3) is 0.529. The summed E-state index contributed by atoms with van der Waals surface area (Å²) in [5, 5.41) is 3.97. The molecule has 0 radical (unpaired) electrons. The number of hydrogen-bond acceptors (Lipinski definition) is 2. The zero-order valence-corrected chi connectivity index (χ0v) is 12.5. The molecule has 0 aliphatic heterocycles. The van der Waals surface area contributed by atoms with E-state index in [2.05, 4.69) is 17.5 Å². The first-order valence-electron chi connectivity index (χ1n) is 7.67. The first-order valence-corrected chi connectivity index (χ1v) is 7.67. The van der Waals surface area contributed by atoms with Gasteiger partial charge in [-0.2, -0.15) is 5.10 Å². The van der Waals surface area contributed by atoms with E-state index in [9.17, 15) is 4.79 Å². The van der Waals surface area contributed by atoms with Crippen molar-refractivity contribution >= 4 is 12.1 Å². The van der Waals surface area contributed by atoms with E-state index in [0.717, 1.165) is 19.3 Å². The molecule has 1 aromatic rings. The molecule has 1 amide bonds. The maximum Gasteiger partial charge on any atom is 0.240 e. The standard InChI is InChI=1S/C17H26N2O/c1-2-3-4-5-6-10-13-17(20)19-18-15-14-16-11-8-7-9-12-16/h7-9,11-12,15H,2-6,10,13-14H2,1H3,(H,19,20)/b18-15-. The third-order valence-electron chi connectivity index (χ3n) is 3.21. The lowest BCUT2D eigenvalue weighted by Crippen LogP contribution is -2.17. The fourth-order valence-corrected chi connectivity index (χ4v) is 2.00. The highest BCUT2D eigenvalue weighted by atomic mass is 16.2. The minimum atomic E-state index is 0.0183. The Balaban J connectivity index is 2.02. The van der Waals surface area contributed by atoms with Crippen molar-refractivity contribution in [3.63, 3.8) is 0 Å². The Kier molecular flexibility index (Phi) is 9.20. The lowest BCUT2D eigenvalue weighted by Gasteiger charge is -2.00. The van der Waals surface area contributed by atoms with Crippen LogP contribution in [0.3, 0.4) is 0 Å². The number of hydrogen-bond donors (Lipinski definition) is 1. The van der Waals surface area contributed by atoms with Crippen LogP contribution in [-0.4, -0.2) is 12.1 Å². The van der Waals surface area contributed by atoms with Gasteiger partial charge in [-0.3, -0.25) is 4.79 Å². The fourth-order valence-electron chi connectivity index (χ4n) is 2.00. The molecule has 0 aliphatic rings. The molecule has 3 nitrogen and oxygen atoms in total. The van der Waals surface area contributed by atoms with Gasteiger partial charge >= 0.3 is 0 Å². The topological polar surface area (TPSA) is 41.5 Å². The van der Waals surface area contributed by atoms with E-state index < -0.39 is 0 Å². The van der Waals surface area contributed by atoms with Crippen molar-refractivity contribution in [2.45, 2.75) is 58.3 Å². The van der Waals surface area contributed by atoms with Gasteiger partial charge in [0, 0.05) is 19.1 Å². The maximum absolute atomic E-state index is 11.5. The van der Waals surface area contributed by atoms with Gasteiger partial charge in [0.15, 0.2) is 0 Å². The first kappa shape index (κ1) is 16.4. The molecule has 0 saturated heterocycles. The quantitative estimate of drug-likeness (QED) is 0.390. The second-order valence-corrected chi connectivity index (χ2v) is 5.05. The number of carbonyl (C=O) groups excluding carboxylic acids is 1. The number of rotatable bonds is 10. The van der Waals surface area contributed by atoms with Crippen molar-refractivity contribution in [2.75, 3.05) is 0 Å². The summed E-state index contributed by atoms with van der Waals surface area (Å²) in [7, 11) is 0. The zero-order valence-electron chi connectivity index (χ0n) is 12.5. The molecule has 3 heteroatoms. The molecule has 20 heavy (non-hydrogen) atoms. The third kappa shape index (κ3) is 8.46. The predicted molar refractivity (Wildman–Crippen MR) is 84.8 cm³/mol. The molecule has 0 fully saturated rings. The second kappa shape index (κ2) is 11.2. The highest BCUT2D eigenvalue weighted by Gasteiger charge is 1.98. The number of nitrogens with one attached hydrogen (secondary N) is 1. The van der Waals surface area contributed by atoms with Gasteiger partial charge in [0.1, 0.15) is 0 Å². The monoisotopic (exact) mass is 274 g/mol. The van der Waals surface area contributed by atoms with Gasteiger partial charge in [-0.15, -0.1) is 0 Å². The van der Waals surface area contributed by atoms with Crippen LogP contribution in [0.15, 0.2) is 35.4 Å². The molecule has 1 N–H and O–H groups in total. The van der Waals surface area contributed by atoms with E-state index in [1.165, 1.54) is 31.2 Å². The smallest absolute Gasteiger partial charge is 0.240 e. The van der Waals surface area contributed by atoms with Gasteiger partial charge in [-0.1, -0.05) is 69.4 Å². The van der Waals surface area contributed by atoms with Gasteiger partial charge in [-0.25, -0.2) is 5.43 Å². The van der Waals surface area contributed by atoms with Crippen molar-refractivity contribution in [3.05, 3.63) is 35.9 Å². The van der Waals surface area contributed by atoms with Crippen molar-refractivity contribution < 1.29 is 4.79 Å². The number of carbonyl (C=O) groups is 1. The molecule has 1 aromatic carbocycles. The molecule has 0 spiro atoms. The minimum absolute atomic E-state index is 0.0183. The van der Waals surface area contributed by atoms with Gasteiger partial charge in [0.25, 0.3) is 0 Å². The van der Waals surface area contributed by atoms with Crippen LogP contribution < -0.4 is 5.43 Å². The van der Waals surface area contributed by atoms with Crippen molar-refractivity contribution in [2.24, 2.45) is 5.10 Å². The Morgan fingerprint density at radius 2 is 1.80 bits per heavy atom. The average molecular weight is 274 g/mol. The van der Waals surface area contributed by atoms with Gasteiger partial charge in [0.05, 0.1) is 0 Å². The molecule has 0 bridgehead atoms. The van der Waals surface area contributed by atoms with E-state index in [0.29, 0.717) is 6.42 Å². The Labute approximate surface area is 122 Å². The van der Waals surface area contributed by atoms with E-state index in [4.69, 9.17) is 0 Å². The minimum Gasteiger partial charge on any atom is -0.273 e. The van der Waals surface area contributed by atoms with Crippen LogP contribution in [0.4, 0.5) is 0 Å². The lowest BCUT2D eigenvalue weighted by molar-refractivity contribution is -0.121. The van der Waals surface area contributed by atoms with E-state index in [1.807, 2.05) is 30.3 Å². The van der Waals surface area contributed by atoms with E-state index in [1.54, 1.807) is 6.21 Å². The molecule has 0 heterocycles. The molecule has 0 saturated carbocycles. The molecule has 0 aliphatic carbocycles. The average Bonchev–Trinajstić information content (AvgIpc) is 2.48. The first-order chi connectivity index (χ1) is 9.83. The number of amides is 1. The van der Waals surface area contributed by atoms with Gasteiger partial charge < -0.3 is 0 Å². The maximum atomic E-state index is 11.5. The summed E-state index contributed by atoms with van der Waals surface area (Å²) in [6.07, 6.45) is 10.3. The molecule has 110 valence electrons. The van der Waals surface area contributed by atoms with Crippen LogP contribution in [0.2, 0.25) is 0 Å². The predicted octanol–water partition coefficient (Wildman–Crippen LogP) is 4.08. The Morgan fingerprint density at radius 3 is 2.55 bits per heavy atom. The molecular formula is C17H26N2O. The largest absolute Gasteiger partial charge is 0.273 e. The van der Waals surface area contributed by atoms with E-state index >= 15 is 0 Å². The van der Waals surface area contributed by atoms with Crippen LogP contribution in [0.25, 0.3) is 0 Å². The lowest BCUT2D eigenvalue weighted by atomic mass is 10.1. The summed E-state index contributed by atoms with van der Waals surface area (Å²) >= 11 is 0. The molecule has 0 aromatic heterocycles. The summed E-state index contributed by atoms with van der Waals surface area (Å²) in [5.41, 5.74) is 3.78. The molecular weight excluding hydrogens is 248 g/mol. The number of nitrogens with zero attached hydrogens (tertiary/aromatic N) is 1. The third-order valence-corrected chi connectivity index (χ3v) is 3.21. The summed E-state index contributed by atoms with van der Waals surface area (Å²) in [4.78, 5) is 11.5. The number of hydrazone groups is 1. The van der Waals surface area contributed by atoms with Crippen molar-refractivity contribution in [1.82, 2.24) is 5.43 Å². The van der Waals surface area contributed by atoms with Gasteiger partial charge in [-0.05, 0) is 12.0 Å². The van der Waals surface area contributed by atoms with Crippen LogP contribution in [-0.2, 0) is 11.2 Å². The molecule has 0 unspecified atom stereocenters. The summed E-state index contributed by atoms with van der Waals surface area (Å²) in [6.45, 7) is 2.21. The van der Waals surface area contributed by atoms with Crippen LogP contribution in [0.1, 0.15) is 57.4 Å². The SMILES string of the molecule is CCCCCCCCC(=O)N/N=C\Cc1ccccc1. The van der Waals surface area contributed by atoms with Crippen LogP contribution in [0, 0.1) is 0 Å². The second-order valence-electron chi connectivity index (χ2n) is 5.05. The Morgan fingerprint density at radius 1 is 1.10 bits per heavy atom. The number of benzene rings is 1. The Bertz CT molecular complexity index is 387. The van der Waals surface area contributed by atoms with Crippen molar-refractivity contribution in [3.8, 4) is 0 Å². The molecule has 0 atom stereocenters. The van der Waals surface area contributed by atoms with E-state index in [-0.39, 0.29) is 5.91 Å². The molecule has 1 rings (SSSR count). The van der Waals surface area contributed by atoms with Gasteiger partial charge in [0.2, 0.25) is 5.91 Å².